The van der Waals surface area contributed by atoms with Crippen LogP contribution in [0.4, 0.5) is 0 Å². The number of carbonyl (C=O) groups excluding carboxylic acids is 1. The normalized spacial score (nSPS) is 12.8. The van der Waals surface area contributed by atoms with Crippen LogP contribution < -0.4 is 5.32 Å². The maximum Gasteiger partial charge on any atom is 0.325 e. The lowest BCUT2D eigenvalue weighted by molar-refractivity contribution is -0.145. The number of ether oxygens (including phenoxy) is 3. The van der Waals surface area contributed by atoms with Crippen molar-refractivity contribution < 1.29 is 19.0 Å². The van der Waals surface area contributed by atoms with Gasteiger partial charge in [-0.25, -0.2) is 0 Å². The third-order valence-corrected chi connectivity index (χ3v) is 2.04. The highest BCUT2D eigenvalue weighted by Gasteiger charge is 2.17. The zero-order valence-electron chi connectivity index (χ0n) is 11.3. The van der Waals surface area contributed by atoms with Crippen LogP contribution in [-0.4, -0.2) is 52.1 Å². The number of hydrogen-bond acceptors (Lipinski definition) is 5. The molecule has 0 aromatic heterocycles. The third-order valence-electron chi connectivity index (χ3n) is 2.04. The van der Waals surface area contributed by atoms with Gasteiger partial charge in [0.15, 0.2) is 0 Å². The standard InChI is InChI=1S/C12H25NO4/c1-5-13-11(12(14)15-4)9-17-7-6-16-8-10(2)3/h10-11,13H,5-9H2,1-4H3. The van der Waals surface area contributed by atoms with Crippen molar-refractivity contribution in [1.29, 1.82) is 0 Å². The van der Waals surface area contributed by atoms with Gasteiger partial charge in [-0.05, 0) is 12.5 Å². The van der Waals surface area contributed by atoms with Crippen LogP contribution in [0.25, 0.3) is 0 Å². The molecule has 1 unspecified atom stereocenters. The fraction of sp³-hybridized carbons (Fsp3) is 0.917. The molecule has 17 heavy (non-hydrogen) atoms. The minimum atomic E-state index is -0.393. The van der Waals surface area contributed by atoms with Crippen molar-refractivity contribution in [3.63, 3.8) is 0 Å². The van der Waals surface area contributed by atoms with Crippen molar-refractivity contribution in [3.8, 4) is 0 Å². The summed E-state index contributed by atoms with van der Waals surface area (Å²) in [6, 6.07) is -0.393. The summed E-state index contributed by atoms with van der Waals surface area (Å²) in [6.45, 7) is 8.92. The molecule has 0 rings (SSSR count). The van der Waals surface area contributed by atoms with E-state index in [-0.39, 0.29) is 5.97 Å². The molecule has 0 aliphatic carbocycles. The van der Waals surface area contributed by atoms with E-state index in [1.807, 2.05) is 6.92 Å². The van der Waals surface area contributed by atoms with Crippen LogP contribution in [-0.2, 0) is 19.0 Å². The van der Waals surface area contributed by atoms with Gasteiger partial charge in [0, 0.05) is 6.61 Å². The van der Waals surface area contributed by atoms with E-state index in [4.69, 9.17) is 9.47 Å². The molecule has 0 saturated carbocycles. The number of hydrogen-bond donors (Lipinski definition) is 1. The summed E-state index contributed by atoms with van der Waals surface area (Å²) < 4.78 is 15.4. The molecular formula is C12H25NO4. The van der Waals surface area contributed by atoms with Crippen LogP contribution >= 0.6 is 0 Å². The monoisotopic (exact) mass is 247 g/mol. The first kappa shape index (κ1) is 16.4. The number of likely N-dealkylation sites (N-methyl/N-ethyl adjacent to an activating group) is 1. The molecule has 1 atom stereocenters. The molecule has 1 N–H and O–H groups in total. The second kappa shape index (κ2) is 10.5. The first-order valence-electron chi connectivity index (χ1n) is 6.08. The topological polar surface area (TPSA) is 56.8 Å². The van der Waals surface area contributed by atoms with Crippen LogP contribution in [0.5, 0.6) is 0 Å². The molecule has 0 amide bonds. The molecule has 0 aliphatic rings. The van der Waals surface area contributed by atoms with Gasteiger partial charge in [0.2, 0.25) is 0 Å². The predicted molar refractivity (Wildman–Crippen MR) is 66.0 cm³/mol. The van der Waals surface area contributed by atoms with Crippen molar-refractivity contribution in [2.24, 2.45) is 5.92 Å². The third kappa shape index (κ3) is 9.09. The average molecular weight is 247 g/mol. The fourth-order valence-electron chi connectivity index (χ4n) is 1.24. The summed E-state index contributed by atoms with van der Waals surface area (Å²) in [6.07, 6.45) is 0. The number of methoxy groups -OCH3 is 1. The molecule has 5 heteroatoms. The van der Waals surface area contributed by atoms with Crippen LogP contribution in [0.15, 0.2) is 0 Å². The van der Waals surface area contributed by atoms with E-state index < -0.39 is 6.04 Å². The highest BCUT2D eigenvalue weighted by atomic mass is 16.5. The zero-order valence-corrected chi connectivity index (χ0v) is 11.3. The Bertz CT molecular complexity index is 197. The summed E-state index contributed by atoms with van der Waals surface area (Å²) >= 11 is 0. The molecule has 0 spiro atoms. The van der Waals surface area contributed by atoms with Crippen LogP contribution in [0.2, 0.25) is 0 Å². The van der Waals surface area contributed by atoms with Gasteiger partial charge in [-0.3, -0.25) is 4.79 Å². The summed E-state index contributed by atoms with van der Waals surface area (Å²) in [5.41, 5.74) is 0. The Hall–Kier alpha value is -0.650. The molecule has 0 radical (unpaired) electrons. The summed E-state index contributed by atoms with van der Waals surface area (Å²) in [5, 5.41) is 3.00. The highest BCUT2D eigenvalue weighted by molar-refractivity contribution is 5.75. The minimum Gasteiger partial charge on any atom is -0.468 e. The van der Waals surface area contributed by atoms with E-state index >= 15 is 0 Å². The van der Waals surface area contributed by atoms with Gasteiger partial charge in [-0.2, -0.15) is 0 Å². The van der Waals surface area contributed by atoms with E-state index in [1.54, 1.807) is 0 Å². The molecular weight excluding hydrogens is 222 g/mol. The molecule has 0 fully saturated rings. The number of nitrogens with one attached hydrogen (secondary N) is 1. The maximum absolute atomic E-state index is 11.3. The Morgan fingerprint density at radius 3 is 2.24 bits per heavy atom. The molecule has 0 saturated heterocycles. The van der Waals surface area contributed by atoms with Crippen molar-refractivity contribution in [2.75, 3.05) is 40.1 Å². The summed E-state index contributed by atoms with van der Waals surface area (Å²) in [4.78, 5) is 11.3. The number of carbonyl (C=O) groups is 1. The van der Waals surface area contributed by atoms with E-state index in [9.17, 15) is 4.79 Å². The van der Waals surface area contributed by atoms with Crippen molar-refractivity contribution in [2.45, 2.75) is 26.8 Å². The van der Waals surface area contributed by atoms with Crippen LogP contribution in [0, 0.1) is 5.92 Å². The van der Waals surface area contributed by atoms with Crippen molar-refractivity contribution in [1.82, 2.24) is 5.32 Å². The Morgan fingerprint density at radius 1 is 1.18 bits per heavy atom. The summed E-state index contributed by atoms with van der Waals surface area (Å²) in [7, 11) is 1.37. The molecule has 0 aromatic rings. The van der Waals surface area contributed by atoms with E-state index in [0.717, 1.165) is 6.61 Å². The minimum absolute atomic E-state index is 0.296. The van der Waals surface area contributed by atoms with E-state index in [1.165, 1.54) is 7.11 Å². The van der Waals surface area contributed by atoms with Gasteiger partial charge in [-0.15, -0.1) is 0 Å². The first-order valence-corrected chi connectivity index (χ1v) is 6.08. The van der Waals surface area contributed by atoms with Gasteiger partial charge >= 0.3 is 5.97 Å². The second-order valence-corrected chi connectivity index (χ2v) is 4.18. The molecule has 0 aromatic carbocycles. The lowest BCUT2D eigenvalue weighted by Gasteiger charge is -2.15. The van der Waals surface area contributed by atoms with E-state index in [2.05, 4.69) is 23.9 Å². The first-order chi connectivity index (χ1) is 8.11. The Labute approximate surface area is 104 Å². The van der Waals surface area contributed by atoms with Crippen molar-refractivity contribution >= 4 is 5.97 Å². The SMILES string of the molecule is CCNC(COCCOCC(C)C)C(=O)OC. The lowest BCUT2D eigenvalue weighted by atomic mass is 10.2. The lowest BCUT2D eigenvalue weighted by Crippen LogP contribution is -2.41. The van der Waals surface area contributed by atoms with Gasteiger partial charge in [-0.1, -0.05) is 20.8 Å². The van der Waals surface area contributed by atoms with E-state index in [0.29, 0.717) is 32.3 Å². The van der Waals surface area contributed by atoms with Crippen LogP contribution in [0.1, 0.15) is 20.8 Å². The zero-order chi connectivity index (χ0) is 13.1. The van der Waals surface area contributed by atoms with Gasteiger partial charge in [0.1, 0.15) is 6.04 Å². The average Bonchev–Trinajstić information content (AvgIpc) is 2.30. The number of esters is 1. The Morgan fingerprint density at radius 2 is 1.76 bits per heavy atom. The Balaban J connectivity index is 3.57. The van der Waals surface area contributed by atoms with Crippen LogP contribution in [0.3, 0.4) is 0 Å². The Kier molecular flexibility index (Phi) is 10.1. The summed E-state index contributed by atoms with van der Waals surface area (Å²) in [5.74, 6) is 0.231. The smallest absolute Gasteiger partial charge is 0.325 e. The molecule has 102 valence electrons. The highest BCUT2D eigenvalue weighted by Crippen LogP contribution is 1.93. The van der Waals surface area contributed by atoms with Gasteiger partial charge in [0.25, 0.3) is 0 Å². The molecule has 0 heterocycles. The predicted octanol–water partition coefficient (Wildman–Crippen LogP) is 0.827. The number of rotatable bonds is 10. The van der Waals surface area contributed by atoms with Gasteiger partial charge < -0.3 is 19.5 Å². The molecule has 0 aliphatic heterocycles. The fourth-order valence-corrected chi connectivity index (χ4v) is 1.24. The quantitative estimate of drug-likeness (QED) is 0.458. The molecule has 0 bridgehead atoms. The van der Waals surface area contributed by atoms with Crippen molar-refractivity contribution in [3.05, 3.63) is 0 Å². The maximum atomic E-state index is 11.3. The second-order valence-electron chi connectivity index (χ2n) is 4.18. The molecule has 5 nitrogen and oxygen atoms in total. The largest absolute Gasteiger partial charge is 0.468 e. The van der Waals surface area contributed by atoms with Gasteiger partial charge in [0.05, 0.1) is 26.9 Å².